The van der Waals surface area contributed by atoms with E-state index in [4.69, 9.17) is 0 Å². The maximum absolute atomic E-state index is 12.2. The zero-order valence-corrected chi connectivity index (χ0v) is 14.9. The van der Waals surface area contributed by atoms with Crippen molar-refractivity contribution in [2.75, 3.05) is 5.75 Å². The predicted octanol–water partition coefficient (Wildman–Crippen LogP) is 2.85. The first-order valence-corrected chi connectivity index (χ1v) is 8.90. The van der Waals surface area contributed by atoms with Crippen LogP contribution in [0.4, 0.5) is 0 Å². The third-order valence-corrected chi connectivity index (χ3v) is 4.80. The number of carbonyl (C=O) groups excluding carboxylic acids is 1. The number of nitrogens with one attached hydrogen (secondary N) is 1. The number of aromatic nitrogens is 4. The Labute approximate surface area is 150 Å². The number of rotatable bonds is 6. The van der Waals surface area contributed by atoms with Crippen molar-refractivity contribution in [2.45, 2.75) is 18.1 Å². The molecule has 0 bridgehead atoms. The number of hydrogen-bond acceptors (Lipinski definition) is 5. The van der Waals surface area contributed by atoms with E-state index in [9.17, 15) is 4.79 Å². The Hall–Kier alpha value is -2.67. The Balaban J connectivity index is 1.59. The standard InChI is InChI=1S/C18H19N5OS/c1-13(14-6-4-3-5-7-14)20-16(24)12-25-18-22-21-17(23(18)2)15-8-10-19-11-9-15/h3-11,13H,12H2,1-2H3,(H,20,24). The predicted molar refractivity (Wildman–Crippen MR) is 98.0 cm³/mol. The van der Waals surface area contributed by atoms with Crippen LogP contribution in [0.15, 0.2) is 60.0 Å². The largest absolute Gasteiger partial charge is 0.349 e. The Kier molecular flexibility index (Phi) is 5.45. The molecule has 0 saturated carbocycles. The maximum Gasteiger partial charge on any atom is 0.230 e. The van der Waals surface area contributed by atoms with Crippen LogP contribution in [-0.4, -0.2) is 31.4 Å². The number of carbonyl (C=O) groups is 1. The third kappa shape index (κ3) is 4.24. The van der Waals surface area contributed by atoms with Crippen molar-refractivity contribution < 1.29 is 4.79 Å². The van der Waals surface area contributed by atoms with Gasteiger partial charge < -0.3 is 9.88 Å². The van der Waals surface area contributed by atoms with Crippen molar-refractivity contribution in [3.8, 4) is 11.4 Å². The molecule has 0 spiro atoms. The molecular weight excluding hydrogens is 334 g/mol. The first kappa shape index (κ1) is 17.2. The van der Waals surface area contributed by atoms with Crippen LogP contribution in [0.3, 0.4) is 0 Å². The summed E-state index contributed by atoms with van der Waals surface area (Å²) in [6.45, 7) is 1.97. The molecule has 7 heteroatoms. The van der Waals surface area contributed by atoms with Crippen molar-refractivity contribution in [1.29, 1.82) is 0 Å². The number of benzene rings is 1. The zero-order valence-electron chi connectivity index (χ0n) is 14.1. The molecule has 0 fully saturated rings. The second-order valence-corrected chi connectivity index (χ2v) is 6.53. The lowest BCUT2D eigenvalue weighted by atomic mass is 10.1. The van der Waals surface area contributed by atoms with E-state index in [0.717, 1.165) is 17.0 Å². The maximum atomic E-state index is 12.2. The topological polar surface area (TPSA) is 72.7 Å². The summed E-state index contributed by atoms with van der Waals surface area (Å²) in [6.07, 6.45) is 3.44. The second kappa shape index (κ2) is 7.94. The smallest absolute Gasteiger partial charge is 0.230 e. The molecule has 0 radical (unpaired) electrons. The van der Waals surface area contributed by atoms with Gasteiger partial charge >= 0.3 is 0 Å². The SMILES string of the molecule is CC(NC(=O)CSc1nnc(-c2ccncc2)n1C)c1ccccc1. The minimum absolute atomic E-state index is 0.0267. The fourth-order valence-corrected chi connectivity index (χ4v) is 3.15. The average molecular weight is 353 g/mol. The molecule has 0 aliphatic rings. The van der Waals surface area contributed by atoms with Crippen molar-refractivity contribution in [3.63, 3.8) is 0 Å². The summed E-state index contributed by atoms with van der Waals surface area (Å²) in [4.78, 5) is 16.2. The highest BCUT2D eigenvalue weighted by Crippen LogP contribution is 2.22. The van der Waals surface area contributed by atoms with Gasteiger partial charge in [0.25, 0.3) is 0 Å². The summed E-state index contributed by atoms with van der Waals surface area (Å²) in [5.41, 5.74) is 2.03. The van der Waals surface area contributed by atoms with Gasteiger partial charge in [-0.1, -0.05) is 42.1 Å². The Bertz CT molecular complexity index is 835. The van der Waals surface area contributed by atoms with Crippen molar-refractivity contribution in [3.05, 3.63) is 60.4 Å². The summed E-state index contributed by atoms with van der Waals surface area (Å²) < 4.78 is 1.88. The summed E-state index contributed by atoms with van der Waals surface area (Å²) in [6, 6.07) is 13.6. The van der Waals surface area contributed by atoms with Crippen LogP contribution in [0.1, 0.15) is 18.5 Å². The number of nitrogens with zero attached hydrogens (tertiary/aromatic N) is 4. The minimum Gasteiger partial charge on any atom is -0.349 e. The Morgan fingerprint density at radius 3 is 2.60 bits per heavy atom. The summed E-state index contributed by atoms with van der Waals surface area (Å²) in [7, 11) is 1.89. The molecule has 1 unspecified atom stereocenters. The van der Waals surface area contributed by atoms with E-state index in [1.165, 1.54) is 11.8 Å². The van der Waals surface area contributed by atoms with Gasteiger partial charge in [-0.2, -0.15) is 0 Å². The Morgan fingerprint density at radius 1 is 1.16 bits per heavy atom. The highest BCUT2D eigenvalue weighted by molar-refractivity contribution is 7.99. The van der Waals surface area contributed by atoms with Gasteiger partial charge in [0, 0.05) is 25.0 Å². The van der Waals surface area contributed by atoms with Gasteiger partial charge in [0.15, 0.2) is 11.0 Å². The fraction of sp³-hybridized carbons (Fsp3) is 0.222. The molecule has 0 aliphatic heterocycles. The van der Waals surface area contributed by atoms with Gasteiger partial charge in [-0.3, -0.25) is 9.78 Å². The number of pyridine rings is 1. The van der Waals surface area contributed by atoms with E-state index in [-0.39, 0.29) is 11.9 Å². The minimum atomic E-state index is -0.0326. The van der Waals surface area contributed by atoms with E-state index in [1.54, 1.807) is 12.4 Å². The molecule has 0 aliphatic carbocycles. The van der Waals surface area contributed by atoms with Crippen LogP contribution in [0.2, 0.25) is 0 Å². The molecule has 3 aromatic rings. The normalized spacial score (nSPS) is 11.9. The third-order valence-electron chi connectivity index (χ3n) is 3.78. The zero-order chi connectivity index (χ0) is 17.6. The monoisotopic (exact) mass is 353 g/mol. The van der Waals surface area contributed by atoms with E-state index < -0.39 is 0 Å². The van der Waals surface area contributed by atoms with Crippen LogP contribution in [0, 0.1) is 0 Å². The lowest BCUT2D eigenvalue weighted by Crippen LogP contribution is -2.28. The Morgan fingerprint density at radius 2 is 1.88 bits per heavy atom. The van der Waals surface area contributed by atoms with Crippen molar-refractivity contribution in [2.24, 2.45) is 7.05 Å². The highest BCUT2D eigenvalue weighted by Gasteiger charge is 2.14. The van der Waals surface area contributed by atoms with Gasteiger partial charge in [0.2, 0.25) is 5.91 Å². The first-order chi connectivity index (χ1) is 12.1. The lowest BCUT2D eigenvalue weighted by Gasteiger charge is -2.13. The van der Waals surface area contributed by atoms with E-state index in [0.29, 0.717) is 10.9 Å². The van der Waals surface area contributed by atoms with E-state index in [1.807, 2.05) is 61.0 Å². The van der Waals surface area contributed by atoms with E-state index in [2.05, 4.69) is 20.5 Å². The van der Waals surface area contributed by atoms with Crippen LogP contribution in [0.5, 0.6) is 0 Å². The molecule has 3 rings (SSSR count). The summed E-state index contributed by atoms with van der Waals surface area (Å²) >= 11 is 1.37. The quantitative estimate of drug-likeness (QED) is 0.690. The molecule has 6 nitrogen and oxygen atoms in total. The molecule has 25 heavy (non-hydrogen) atoms. The molecule has 0 saturated heterocycles. The molecule has 1 N–H and O–H groups in total. The van der Waals surface area contributed by atoms with Crippen LogP contribution in [-0.2, 0) is 11.8 Å². The number of amides is 1. The number of hydrogen-bond donors (Lipinski definition) is 1. The molecule has 2 heterocycles. The highest BCUT2D eigenvalue weighted by atomic mass is 32.2. The van der Waals surface area contributed by atoms with Gasteiger partial charge in [0.1, 0.15) is 0 Å². The molecule has 2 aromatic heterocycles. The van der Waals surface area contributed by atoms with Crippen LogP contribution in [0.25, 0.3) is 11.4 Å². The molecule has 1 atom stereocenters. The van der Waals surface area contributed by atoms with Gasteiger partial charge in [-0.15, -0.1) is 10.2 Å². The molecule has 1 amide bonds. The second-order valence-electron chi connectivity index (χ2n) is 5.59. The molecule has 128 valence electrons. The van der Waals surface area contributed by atoms with Crippen LogP contribution < -0.4 is 5.32 Å². The molecular formula is C18H19N5OS. The van der Waals surface area contributed by atoms with Gasteiger partial charge in [0.05, 0.1) is 11.8 Å². The summed E-state index contributed by atoms with van der Waals surface area (Å²) in [5.74, 6) is 1.01. The average Bonchev–Trinajstić information content (AvgIpc) is 3.02. The fourth-order valence-electron chi connectivity index (χ4n) is 2.43. The van der Waals surface area contributed by atoms with Crippen molar-refractivity contribution >= 4 is 17.7 Å². The lowest BCUT2D eigenvalue weighted by molar-refractivity contribution is -0.119. The van der Waals surface area contributed by atoms with Crippen molar-refractivity contribution in [1.82, 2.24) is 25.1 Å². The van der Waals surface area contributed by atoms with Crippen LogP contribution >= 0.6 is 11.8 Å². The molecule has 1 aromatic carbocycles. The van der Waals surface area contributed by atoms with Gasteiger partial charge in [-0.25, -0.2) is 0 Å². The number of thioether (sulfide) groups is 1. The van der Waals surface area contributed by atoms with E-state index >= 15 is 0 Å². The first-order valence-electron chi connectivity index (χ1n) is 7.92. The van der Waals surface area contributed by atoms with Gasteiger partial charge in [-0.05, 0) is 24.6 Å². The summed E-state index contributed by atoms with van der Waals surface area (Å²) in [5, 5.41) is 12.1.